The molecule has 32 heavy (non-hydrogen) atoms. The molecule has 0 aliphatic carbocycles. The number of carbonyl (C=O) groups excluding carboxylic acids is 2. The fraction of sp³-hybridized carbons (Fsp3) is 0.240. The number of carbonyl (C=O) groups is 2. The van der Waals surface area contributed by atoms with Crippen molar-refractivity contribution in [3.63, 3.8) is 0 Å². The molecular weight excluding hydrogens is 404 g/mol. The number of aryl methyl sites for hydroxylation is 1. The second-order valence-electron chi connectivity index (χ2n) is 7.30. The Morgan fingerprint density at radius 2 is 1.88 bits per heavy atom. The molecule has 7 heteroatoms. The highest BCUT2D eigenvalue weighted by molar-refractivity contribution is 5.98. The number of aromatic nitrogens is 2. The van der Waals surface area contributed by atoms with E-state index in [1.54, 1.807) is 37.5 Å². The quantitative estimate of drug-likeness (QED) is 0.546. The van der Waals surface area contributed by atoms with Crippen LogP contribution < -0.4 is 10.1 Å². The molecule has 3 aromatic rings. The number of rotatable bonds is 8. The zero-order valence-corrected chi connectivity index (χ0v) is 18.8. The van der Waals surface area contributed by atoms with Gasteiger partial charge < -0.3 is 15.0 Å². The zero-order chi connectivity index (χ0) is 23.1. The molecule has 0 fully saturated rings. The molecule has 2 aromatic carbocycles. The van der Waals surface area contributed by atoms with Crippen LogP contribution in [0.25, 0.3) is 11.8 Å². The van der Waals surface area contributed by atoms with Gasteiger partial charge in [0.05, 0.1) is 18.5 Å². The van der Waals surface area contributed by atoms with Gasteiger partial charge in [0, 0.05) is 35.6 Å². The van der Waals surface area contributed by atoms with Gasteiger partial charge in [0.2, 0.25) is 11.8 Å². The van der Waals surface area contributed by atoms with E-state index in [1.807, 2.05) is 55.8 Å². The molecule has 166 valence electrons. The number of hydrogen-bond donors (Lipinski definition) is 1. The molecule has 0 aliphatic heterocycles. The Kier molecular flexibility index (Phi) is 7.44. The number of anilines is 1. The Labute approximate surface area is 188 Å². The number of amides is 2. The Morgan fingerprint density at radius 3 is 2.56 bits per heavy atom. The number of para-hydroxylation sites is 1. The highest BCUT2D eigenvalue weighted by atomic mass is 16.5. The fourth-order valence-corrected chi connectivity index (χ4v) is 3.40. The van der Waals surface area contributed by atoms with Crippen molar-refractivity contribution in [1.29, 1.82) is 0 Å². The topological polar surface area (TPSA) is 76.5 Å². The minimum absolute atomic E-state index is 0.0435. The van der Waals surface area contributed by atoms with Gasteiger partial charge in [-0.05, 0) is 51.1 Å². The molecule has 1 N–H and O–H groups in total. The van der Waals surface area contributed by atoms with Gasteiger partial charge in [-0.3, -0.25) is 9.59 Å². The summed E-state index contributed by atoms with van der Waals surface area (Å²) in [6.45, 7) is 6.09. The lowest BCUT2D eigenvalue weighted by Gasteiger charge is -2.18. The molecule has 7 nitrogen and oxygen atoms in total. The summed E-state index contributed by atoms with van der Waals surface area (Å²) in [6, 6.07) is 16.9. The first-order chi connectivity index (χ1) is 15.4. The maximum Gasteiger partial charge on any atom is 0.247 e. The molecule has 0 unspecified atom stereocenters. The maximum absolute atomic E-state index is 12.7. The minimum atomic E-state index is -0.272. The number of hydrogen-bond acceptors (Lipinski definition) is 4. The third-order valence-electron chi connectivity index (χ3n) is 5.12. The summed E-state index contributed by atoms with van der Waals surface area (Å²) in [7, 11) is 1.57. The van der Waals surface area contributed by atoms with Crippen LogP contribution >= 0.6 is 0 Å². The van der Waals surface area contributed by atoms with Gasteiger partial charge in [-0.2, -0.15) is 5.10 Å². The molecule has 1 aromatic heterocycles. The van der Waals surface area contributed by atoms with E-state index in [2.05, 4.69) is 10.4 Å². The smallest absolute Gasteiger partial charge is 0.247 e. The summed E-state index contributed by atoms with van der Waals surface area (Å²) in [5.74, 6) is 0.140. The van der Waals surface area contributed by atoms with E-state index >= 15 is 0 Å². The number of benzene rings is 2. The molecule has 1 heterocycles. The van der Waals surface area contributed by atoms with Crippen LogP contribution in [0.1, 0.15) is 23.9 Å². The number of nitrogens with zero attached hydrogens (tertiary/aromatic N) is 3. The van der Waals surface area contributed by atoms with Crippen LogP contribution in [0.2, 0.25) is 0 Å². The van der Waals surface area contributed by atoms with Crippen LogP contribution in [0.15, 0.2) is 60.7 Å². The van der Waals surface area contributed by atoms with E-state index in [4.69, 9.17) is 4.74 Å². The number of methoxy groups -OCH3 is 1. The predicted molar refractivity (Wildman–Crippen MR) is 126 cm³/mol. The lowest BCUT2D eigenvalue weighted by atomic mass is 10.1. The van der Waals surface area contributed by atoms with Gasteiger partial charge in [-0.15, -0.1) is 0 Å². The van der Waals surface area contributed by atoms with Gasteiger partial charge in [-0.1, -0.05) is 24.3 Å². The Bertz CT molecular complexity index is 1120. The first-order valence-corrected chi connectivity index (χ1v) is 10.5. The van der Waals surface area contributed by atoms with Crippen molar-refractivity contribution >= 4 is 23.6 Å². The third kappa shape index (κ3) is 5.43. The number of likely N-dealkylation sites (N-methyl/N-ethyl adjacent to an activating group) is 1. The van der Waals surface area contributed by atoms with E-state index in [1.165, 1.54) is 11.0 Å². The fourth-order valence-electron chi connectivity index (χ4n) is 3.40. The summed E-state index contributed by atoms with van der Waals surface area (Å²) in [6.07, 6.45) is 3.26. The van der Waals surface area contributed by atoms with Crippen molar-refractivity contribution in [2.45, 2.75) is 20.8 Å². The normalized spacial score (nSPS) is 10.9. The molecule has 2 amide bonds. The second-order valence-corrected chi connectivity index (χ2v) is 7.30. The van der Waals surface area contributed by atoms with Crippen molar-refractivity contribution in [1.82, 2.24) is 14.7 Å². The van der Waals surface area contributed by atoms with Gasteiger partial charge in [-0.25, -0.2) is 4.68 Å². The predicted octanol–water partition coefficient (Wildman–Crippen LogP) is 4.00. The van der Waals surface area contributed by atoms with E-state index in [0.717, 1.165) is 22.6 Å². The van der Waals surface area contributed by atoms with Crippen LogP contribution in [0, 0.1) is 13.8 Å². The Balaban J connectivity index is 1.68. The lowest BCUT2D eigenvalue weighted by Crippen LogP contribution is -2.36. The number of nitrogens with one attached hydrogen (secondary N) is 1. The minimum Gasteiger partial charge on any atom is -0.497 e. The van der Waals surface area contributed by atoms with Crippen LogP contribution in [0.3, 0.4) is 0 Å². The summed E-state index contributed by atoms with van der Waals surface area (Å²) >= 11 is 0. The average Bonchev–Trinajstić information content (AvgIpc) is 3.09. The van der Waals surface area contributed by atoms with Gasteiger partial charge in [0.25, 0.3) is 0 Å². The summed E-state index contributed by atoms with van der Waals surface area (Å²) < 4.78 is 7.03. The molecule has 0 aliphatic rings. The second kappa shape index (κ2) is 10.4. The van der Waals surface area contributed by atoms with E-state index < -0.39 is 0 Å². The first-order valence-electron chi connectivity index (χ1n) is 10.5. The van der Waals surface area contributed by atoms with Crippen LogP contribution in [-0.2, 0) is 9.59 Å². The van der Waals surface area contributed by atoms with Crippen molar-refractivity contribution in [3.05, 3.63) is 77.6 Å². The van der Waals surface area contributed by atoms with Crippen LogP contribution in [-0.4, -0.2) is 46.7 Å². The SMILES string of the molecule is CCN(CC(=O)Nc1cccc(OC)c1)C(=O)/C=C/c1c(C)nn(-c2ccccc2)c1C. The summed E-state index contributed by atoms with van der Waals surface area (Å²) in [4.78, 5) is 26.7. The molecule has 3 rings (SSSR count). The van der Waals surface area contributed by atoms with Crippen molar-refractivity contribution in [2.24, 2.45) is 0 Å². The molecule has 0 radical (unpaired) electrons. The third-order valence-corrected chi connectivity index (χ3v) is 5.12. The van der Waals surface area contributed by atoms with Crippen molar-refractivity contribution in [3.8, 4) is 11.4 Å². The molecular formula is C25H28N4O3. The number of ether oxygens (including phenoxy) is 1. The van der Waals surface area contributed by atoms with Gasteiger partial charge in [0.15, 0.2) is 0 Å². The summed E-state index contributed by atoms with van der Waals surface area (Å²) in [5, 5.41) is 7.40. The first kappa shape index (κ1) is 22.8. The van der Waals surface area contributed by atoms with E-state index in [0.29, 0.717) is 18.0 Å². The van der Waals surface area contributed by atoms with Crippen LogP contribution in [0.4, 0.5) is 5.69 Å². The van der Waals surface area contributed by atoms with Gasteiger partial charge >= 0.3 is 0 Å². The largest absolute Gasteiger partial charge is 0.497 e. The van der Waals surface area contributed by atoms with Crippen LogP contribution in [0.5, 0.6) is 5.75 Å². The van der Waals surface area contributed by atoms with E-state index in [-0.39, 0.29) is 18.4 Å². The molecule has 0 bridgehead atoms. The van der Waals surface area contributed by atoms with Crippen molar-refractivity contribution in [2.75, 3.05) is 25.5 Å². The molecule has 0 spiro atoms. The summed E-state index contributed by atoms with van der Waals surface area (Å²) in [5.41, 5.74) is 4.24. The highest BCUT2D eigenvalue weighted by Crippen LogP contribution is 2.19. The highest BCUT2D eigenvalue weighted by Gasteiger charge is 2.15. The molecule has 0 saturated carbocycles. The Hall–Kier alpha value is -3.87. The standard InChI is InChI=1S/C25H28N4O3/c1-5-28(17-24(30)26-20-10-9-13-22(16-20)32-4)25(31)15-14-23-18(2)27-29(19(23)3)21-11-7-6-8-12-21/h6-16H,5,17H2,1-4H3,(H,26,30)/b15-14+. The zero-order valence-electron chi connectivity index (χ0n) is 18.8. The molecule has 0 atom stereocenters. The van der Waals surface area contributed by atoms with Gasteiger partial charge in [0.1, 0.15) is 12.3 Å². The van der Waals surface area contributed by atoms with Crippen molar-refractivity contribution < 1.29 is 14.3 Å². The maximum atomic E-state index is 12.7. The van der Waals surface area contributed by atoms with E-state index in [9.17, 15) is 9.59 Å². The molecule has 0 saturated heterocycles. The monoisotopic (exact) mass is 432 g/mol. The lowest BCUT2D eigenvalue weighted by molar-refractivity contribution is -0.130. The Morgan fingerprint density at radius 1 is 1.12 bits per heavy atom. The average molecular weight is 433 g/mol.